The van der Waals surface area contributed by atoms with E-state index in [0.29, 0.717) is 5.41 Å². The third kappa shape index (κ3) is 2.77. The Labute approximate surface area is 102 Å². The molecule has 1 N–H and O–H groups in total. The average Bonchev–Trinajstić information content (AvgIpc) is 2.44. The fraction of sp³-hybridized carbons (Fsp3) is 0.833. The van der Waals surface area contributed by atoms with Gasteiger partial charge in [-0.2, -0.15) is 0 Å². The Kier molecular flexibility index (Phi) is 3.12. The van der Waals surface area contributed by atoms with Crippen LogP contribution in [-0.2, 0) is 4.79 Å². The Morgan fingerprint density at radius 2 is 1.94 bits per heavy atom. The quantitative estimate of drug-likeness (QED) is 0.736. The Bertz CT molecular complexity index is 313. The molecule has 3 amide bonds. The van der Waals surface area contributed by atoms with Gasteiger partial charge in [-0.25, -0.2) is 4.79 Å². The first kappa shape index (κ1) is 12.4. The molecular weight excluding hydrogens is 218 g/mol. The van der Waals surface area contributed by atoms with Crippen LogP contribution in [0.4, 0.5) is 4.79 Å². The maximum atomic E-state index is 11.5. The molecule has 2 saturated heterocycles. The lowest BCUT2D eigenvalue weighted by Crippen LogP contribution is -2.61. The van der Waals surface area contributed by atoms with E-state index in [4.69, 9.17) is 0 Å². The second-order valence-electron chi connectivity index (χ2n) is 6.15. The zero-order chi connectivity index (χ0) is 12.6. The molecule has 0 aromatic heterocycles. The first-order chi connectivity index (χ1) is 7.87. The van der Waals surface area contributed by atoms with E-state index in [1.165, 1.54) is 4.90 Å². The van der Waals surface area contributed by atoms with Crippen molar-refractivity contribution >= 4 is 11.9 Å². The van der Waals surface area contributed by atoms with Crippen molar-refractivity contribution in [2.45, 2.75) is 33.2 Å². The second kappa shape index (κ2) is 4.29. The minimum absolute atomic E-state index is 0.0875. The maximum Gasteiger partial charge on any atom is 0.324 e. The summed E-state index contributed by atoms with van der Waals surface area (Å²) in [5.74, 6) is -0.0875. The van der Waals surface area contributed by atoms with Crippen molar-refractivity contribution in [2.75, 3.05) is 26.2 Å². The molecule has 0 bridgehead atoms. The normalized spacial score (nSPS) is 22.9. The molecule has 0 aliphatic carbocycles. The topological polar surface area (TPSA) is 52.6 Å². The molecule has 5 heteroatoms. The van der Waals surface area contributed by atoms with E-state index < -0.39 is 0 Å². The molecule has 2 fully saturated rings. The van der Waals surface area contributed by atoms with Gasteiger partial charge in [0.15, 0.2) is 0 Å². The van der Waals surface area contributed by atoms with Gasteiger partial charge < -0.3 is 5.32 Å². The monoisotopic (exact) mass is 239 g/mol. The molecule has 0 aromatic carbocycles. The highest BCUT2D eigenvalue weighted by atomic mass is 16.2. The van der Waals surface area contributed by atoms with E-state index >= 15 is 0 Å². The van der Waals surface area contributed by atoms with Gasteiger partial charge in [-0.05, 0) is 18.4 Å². The first-order valence-corrected chi connectivity index (χ1v) is 6.19. The fourth-order valence-corrected chi connectivity index (χ4v) is 2.19. The van der Waals surface area contributed by atoms with Gasteiger partial charge in [0.05, 0.1) is 12.6 Å². The molecule has 0 atom stereocenters. The Morgan fingerprint density at radius 3 is 2.41 bits per heavy atom. The van der Waals surface area contributed by atoms with E-state index in [0.717, 1.165) is 26.1 Å². The second-order valence-corrected chi connectivity index (χ2v) is 6.15. The minimum Gasteiger partial charge on any atom is -0.329 e. The van der Waals surface area contributed by atoms with Crippen LogP contribution in [-0.4, -0.2) is 54.0 Å². The number of amides is 3. The summed E-state index contributed by atoms with van der Waals surface area (Å²) in [6.07, 6.45) is 1.14. The van der Waals surface area contributed by atoms with Crippen LogP contribution in [0, 0.1) is 5.41 Å². The molecule has 2 rings (SSSR count). The van der Waals surface area contributed by atoms with Gasteiger partial charge in [-0.15, -0.1) is 0 Å². The maximum absolute atomic E-state index is 11.5. The number of rotatable bonds is 3. The zero-order valence-electron chi connectivity index (χ0n) is 10.8. The average molecular weight is 239 g/mol. The summed E-state index contributed by atoms with van der Waals surface area (Å²) in [4.78, 5) is 26.6. The number of likely N-dealkylation sites (tertiary alicyclic amines) is 1. The lowest BCUT2D eigenvalue weighted by Gasteiger charge is -2.43. The van der Waals surface area contributed by atoms with E-state index in [1.54, 1.807) is 0 Å². The summed E-state index contributed by atoms with van der Waals surface area (Å²) in [6.45, 7) is 9.54. The van der Waals surface area contributed by atoms with E-state index in [-0.39, 0.29) is 24.5 Å². The van der Waals surface area contributed by atoms with E-state index in [9.17, 15) is 9.59 Å². The highest BCUT2D eigenvalue weighted by Crippen LogP contribution is 2.23. The number of hydrogen-bond acceptors (Lipinski definition) is 3. The molecule has 17 heavy (non-hydrogen) atoms. The number of nitrogens with zero attached hydrogens (tertiary/aromatic N) is 2. The molecule has 5 nitrogen and oxygen atoms in total. The molecule has 96 valence electrons. The minimum atomic E-state index is -0.226. The summed E-state index contributed by atoms with van der Waals surface area (Å²) in [5, 5.41) is 2.56. The molecular formula is C12H21N3O2. The van der Waals surface area contributed by atoms with Crippen LogP contribution in [0.3, 0.4) is 0 Å². The molecule has 2 aliphatic heterocycles. The van der Waals surface area contributed by atoms with Gasteiger partial charge in [0, 0.05) is 13.1 Å². The summed E-state index contributed by atoms with van der Waals surface area (Å²) in [6, 6.07) is -0.138. The SMILES string of the molecule is CC(C)(C)CCN1CC(N2C(=O)CNC2=O)C1. The van der Waals surface area contributed by atoms with Gasteiger partial charge in [-0.1, -0.05) is 20.8 Å². The van der Waals surface area contributed by atoms with Crippen molar-refractivity contribution in [2.24, 2.45) is 5.41 Å². The van der Waals surface area contributed by atoms with E-state index in [1.807, 2.05) is 0 Å². The predicted molar refractivity (Wildman–Crippen MR) is 64.5 cm³/mol. The smallest absolute Gasteiger partial charge is 0.324 e. The molecule has 0 radical (unpaired) electrons. The van der Waals surface area contributed by atoms with Gasteiger partial charge in [0.2, 0.25) is 5.91 Å². The van der Waals surface area contributed by atoms with Crippen molar-refractivity contribution < 1.29 is 9.59 Å². The highest BCUT2D eigenvalue weighted by Gasteiger charge is 2.41. The van der Waals surface area contributed by atoms with Crippen molar-refractivity contribution in [3.05, 3.63) is 0 Å². The summed E-state index contributed by atoms with van der Waals surface area (Å²) in [5.41, 5.74) is 0.339. The predicted octanol–water partition coefficient (Wildman–Crippen LogP) is 0.659. The van der Waals surface area contributed by atoms with Crippen molar-refractivity contribution in [3.63, 3.8) is 0 Å². The molecule has 0 unspecified atom stereocenters. The molecule has 0 spiro atoms. The fourth-order valence-electron chi connectivity index (χ4n) is 2.19. The largest absolute Gasteiger partial charge is 0.329 e. The van der Waals surface area contributed by atoms with Crippen LogP contribution >= 0.6 is 0 Å². The first-order valence-electron chi connectivity index (χ1n) is 6.19. The van der Waals surface area contributed by atoms with Gasteiger partial charge in [0.25, 0.3) is 0 Å². The molecule has 0 saturated carbocycles. The number of carbonyl (C=O) groups excluding carboxylic acids is 2. The van der Waals surface area contributed by atoms with Gasteiger partial charge in [-0.3, -0.25) is 14.6 Å². The highest BCUT2D eigenvalue weighted by molar-refractivity contribution is 6.02. The van der Waals surface area contributed by atoms with Crippen LogP contribution in [0.25, 0.3) is 0 Å². The van der Waals surface area contributed by atoms with Crippen LogP contribution in [0.1, 0.15) is 27.2 Å². The number of hydrogen-bond donors (Lipinski definition) is 1. The number of nitrogens with one attached hydrogen (secondary N) is 1. The van der Waals surface area contributed by atoms with Gasteiger partial charge in [0.1, 0.15) is 0 Å². The van der Waals surface area contributed by atoms with Crippen LogP contribution in [0.2, 0.25) is 0 Å². The lowest BCUT2D eigenvalue weighted by atomic mass is 9.91. The Balaban J connectivity index is 1.75. The third-order valence-corrected chi connectivity index (χ3v) is 3.36. The molecule has 2 heterocycles. The Hall–Kier alpha value is -1.10. The number of imide groups is 1. The summed E-state index contributed by atoms with van der Waals surface area (Å²) >= 11 is 0. The van der Waals surface area contributed by atoms with Crippen LogP contribution in [0.5, 0.6) is 0 Å². The third-order valence-electron chi connectivity index (χ3n) is 3.36. The number of carbonyl (C=O) groups is 2. The van der Waals surface area contributed by atoms with Crippen molar-refractivity contribution in [1.82, 2.24) is 15.1 Å². The van der Waals surface area contributed by atoms with Crippen LogP contribution in [0.15, 0.2) is 0 Å². The van der Waals surface area contributed by atoms with Crippen molar-refractivity contribution in [1.29, 1.82) is 0 Å². The van der Waals surface area contributed by atoms with Crippen LogP contribution < -0.4 is 5.32 Å². The number of urea groups is 1. The summed E-state index contributed by atoms with van der Waals surface area (Å²) < 4.78 is 0. The summed E-state index contributed by atoms with van der Waals surface area (Å²) in [7, 11) is 0. The molecule has 0 aromatic rings. The Morgan fingerprint density at radius 1 is 1.29 bits per heavy atom. The molecule has 2 aliphatic rings. The van der Waals surface area contributed by atoms with E-state index in [2.05, 4.69) is 31.0 Å². The van der Waals surface area contributed by atoms with Gasteiger partial charge >= 0.3 is 6.03 Å². The lowest BCUT2D eigenvalue weighted by molar-refractivity contribution is -0.129. The standard InChI is InChI=1S/C12H21N3O2/c1-12(2,3)4-5-14-7-9(8-14)15-10(16)6-13-11(15)17/h9H,4-8H2,1-3H3,(H,13,17). The zero-order valence-corrected chi connectivity index (χ0v) is 10.8. The van der Waals surface area contributed by atoms with Crippen molar-refractivity contribution in [3.8, 4) is 0 Å².